The zero-order valence-corrected chi connectivity index (χ0v) is 15.8. The maximum absolute atomic E-state index is 12.7. The fraction of sp³-hybridized carbons (Fsp3) is 0.611. The van der Waals surface area contributed by atoms with Crippen LogP contribution in [-0.4, -0.2) is 13.9 Å². The van der Waals surface area contributed by atoms with Gasteiger partial charge in [-0.05, 0) is 51.7 Å². The van der Waals surface area contributed by atoms with Crippen LogP contribution in [0, 0.1) is 5.92 Å². The Bertz CT molecular complexity index is 651. The molecule has 23 heavy (non-hydrogen) atoms. The average Bonchev–Trinajstić information content (AvgIpc) is 2.95. The molecule has 0 aliphatic heterocycles. The maximum Gasteiger partial charge on any atom is 0.112 e. The van der Waals surface area contributed by atoms with Gasteiger partial charge in [-0.15, -0.1) is 11.3 Å². The van der Waals surface area contributed by atoms with Crippen molar-refractivity contribution in [3.63, 3.8) is 0 Å². The monoisotopic (exact) mass is 350 g/mol. The first kappa shape index (κ1) is 17.1. The van der Waals surface area contributed by atoms with Crippen LogP contribution < -0.4 is 4.72 Å². The van der Waals surface area contributed by atoms with Crippen molar-refractivity contribution in [1.82, 2.24) is 9.71 Å². The molecule has 1 aromatic carbocycles. The Hall–Kier alpha value is -0.780. The molecule has 1 unspecified atom stereocenters. The fourth-order valence-corrected chi connectivity index (χ4v) is 5.21. The Morgan fingerprint density at radius 1 is 1.22 bits per heavy atom. The van der Waals surface area contributed by atoms with Gasteiger partial charge in [0.25, 0.3) is 0 Å². The maximum atomic E-state index is 12.7. The zero-order valence-electron chi connectivity index (χ0n) is 14.2. The van der Waals surface area contributed by atoms with Crippen LogP contribution in [0.4, 0.5) is 0 Å². The van der Waals surface area contributed by atoms with E-state index in [1.807, 2.05) is 26.8 Å². The van der Waals surface area contributed by atoms with Crippen LogP contribution in [0.5, 0.6) is 0 Å². The van der Waals surface area contributed by atoms with Gasteiger partial charge < -0.3 is 0 Å². The summed E-state index contributed by atoms with van der Waals surface area (Å²) in [5.74, 6) is 0.538. The molecule has 1 aliphatic rings. The summed E-state index contributed by atoms with van der Waals surface area (Å²) in [5.41, 5.74) is 1.05. The topological polar surface area (TPSA) is 42.0 Å². The van der Waals surface area contributed by atoms with Crippen LogP contribution in [0.1, 0.15) is 63.9 Å². The third-order valence-electron chi connectivity index (χ3n) is 4.49. The van der Waals surface area contributed by atoms with Gasteiger partial charge in [-0.1, -0.05) is 31.4 Å². The first-order valence-corrected chi connectivity index (χ1v) is 10.5. The summed E-state index contributed by atoms with van der Waals surface area (Å²) in [7, 11) is -1.07. The Balaban J connectivity index is 1.91. The summed E-state index contributed by atoms with van der Waals surface area (Å²) >= 11 is 1.74. The third kappa shape index (κ3) is 4.01. The first-order chi connectivity index (χ1) is 10.9. The standard InChI is InChI=1S/C18H26N2OS2/c1-18(2,3)23(21)20-16(13-9-5-4-6-10-13)17-19-14-11-7-8-12-15(14)22-17/h7-8,11-13,16,20H,4-6,9-10H2,1-3H3/t16-,23?/m0/s1. The van der Waals surface area contributed by atoms with Crippen molar-refractivity contribution in [3.8, 4) is 0 Å². The van der Waals surface area contributed by atoms with Gasteiger partial charge >= 0.3 is 0 Å². The predicted molar refractivity (Wildman–Crippen MR) is 100.0 cm³/mol. The molecular formula is C18H26N2OS2. The van der Waals surface area contributed by atoms with Gasteiger partial charge in [0.15, 0.2) is 0 Å². The van der Waals surface area contributed by atoms with E-state index < -0.39 is 11.0 Å². The number of hydrogen-bond donors (Lipinski definition) is 1. The van der Waals surface area contributed by atoms with Gasteiger partial charge in [0.1, 0.15) is 5.01 Å². The summed E-state index contributed by atoms with van der Waals surface area (Å²) in [6.07, 6.45) is 6.28. The Morgan fingerprint density at radius 3 is 2.57 bits per heavy atom. The molecule has 5 heteroatoms. The van der Waals surface area contributed by atoms with E-state index in [-0.39, 0.29) is 10.8 Å². The number of aromatic nitrogens is 1. The minimum atomic E-state index is -1.07. The lowest BCUT2D eigenvalue weighted by Gasteiger charge is -2.31. The largest absolute Gasteiger partial charge is 0.242 e. The number of para-hydroxylation sites is 1. The normalized spacial score (nSPS) is 19.8. The molecule has 1 fully saturated rings. The second-order valence-electron chi connectivity index (χ2n) is 7.39. The van der Waals surface area contributed by atoms with E-state index in [9.17, 15) is 4.21 Å². The number of fused-ring (bicyclic) bond motifs is 1. The number of nitrogens with zero attached hydrogens (tertiary/aromatic N) is 1. The van der Waals surface area contributed by atoms with E-state index in [1.54, 1.807) is 11.3 Å². The molecule has 1 aromatic heterocycles. The van der Waals surface area contributed by atoms with E-state index >= 15 is 0 Å². The van der Waals surface area contributed by atoms with Crippen molar-refractivity contribution < 1.29 is 4.21 Å². The Morgan fingerprint density at radius 2 is 1.91 bits per heavy atom. The number of thiazole rings is 1. The van der Waals surface area contributed by atoms with Gasteiger partial charge in [-0.3, -0.25) is 0 Å². The van der Waals surface area contributed by atoms with E-state index in [4.69, 9.17) is 4.98 Å². The SMILES string of the molecule is CC(C)(C)S(=O)N[C@H](c1nc2ccccc2s1)C1CCCCC1. The molecule has 0 amide bonds. The summed E-state index contributed by atoms with van der Waals surface area (Å²) in [6, 6.07) is 8.37. The van der Waals surface area contributed by atoms with Gasteiger partial charge in [0, 0.05) is 0 Å². The molecule has 1 saturated carbocycles. The van der Waals surface area contributed by atoms with Gasteiger partial charge in [0.2, 0.25) is 0 Å². The number of benzene rings is 1. The highest BCUT2D eigenvalue weighted by molar-refractivity contribution is 7.84. The van der Waals surface area contributed by atoms with Crippen molar-refractivity contribution in [3.05, 3.63) is 29.3 Å². The molecule has 126 valence electrons. The van der Waals surface area contributed by atoms with Crippen molar-refractivity contribution in [1.29, 1.82) is 0 Å². The van der Waals surface area contributed by atoms with E-state index in [2.05, 4.69) is 22.9 Å². The van der Waals surface area contributed by atoms with Crippen LogP contribution in [0.25, 0.3) is 10.2 Å². The molecule has 0 radical (unpaired) electrons. The summed E-state index contributed by atoms with van der Waals surface area (Å²) in [6.45, 7) is 6.06. The van der Waals surface area contributed by atoms with E-state index in [0.29, 0.717) is 5.92 Å². The molecule has 2 atom stereocenters. The molecule has 0 bridgehead atoms. The smallest absolute Gasteiger partial charge is 0.112 e. The summed E-state index contributed by atoms with van der Waals surface area (Å²) in [5, 5.41) is 1.09. The first-order valence-electron chi connectivity index (χ1n) is 8.48. The van der Waals surface area contributed by atoms with Gasteiger partial charge in [-0.25, -0.2) is 13.9 Å². The average molecular weight is 351 g/mol. The number of nitrogens with one attached hydrogen (secondary N) is 1. The van der Waals surface area contributed by atoms with Crippen molar-refractivity contribution in [2.45, 2.75) is 63.7 Å². The highest BCUT2D eigenvalue weighted by Gasteiger charge is 2.31. The van der Waals surface area contributed by atoms with E-state index in [1.165, 1.54) is 36.8 Å². The molecule has 3 nitrogen and oxygen atoms in total. The summed E-state index contributed by atoms with van der Waals surface area (Å²) in [4.78, 5) is 4.84. The Kier molecular flexibility index (Phi) is 5.19. The molecular weight excluding hydrogens is 324 g/mol. The van der Waals surface area contributed by atoms with Crippen LogP contribution >= 0.6 is 11.3 Å². The fourth-order valence-electron chi connectivity index (χ4n) is 3.13. The highest BCUT2D eigenvalue weighted by Crippen LogP contribution is 2.38. The van der Waals surface area contributed by atoms with Gasteiger partial charge in [-0.2, -0.15) is 0 Å². The summed E-state index contributed by atoms with van der Waals surface area (Å²) < 4.78 is 17.1. The highest BCUT2D eigenvalue weighted by atomic mass is 32.2. The Labute approximate surface area is 145 Å². The molecule has 1 N–H and O–H groups in total. The molecule has 1 heterocycles. The van der Waals surface area contributed by atoms with Crippen LogP contribution in [0.2, 0.25) is 0 Å². The van der Waals surface area contributed by atoms with Crippen molar-refractivity contribution in [2.24, 2.45) is 5.92 Å². The predicted octanol–water partition coefficient (Wildman–Crippen LogP) is 4.97. The third-order valence-corrected chi connectivity index (χ3v) is 7.19. The molecule has 1 aliphatic carbocycles. The van der Waals surface area contributed by atoms with Crippen LogP contribution in [0.3, 0.4) is 0 Å². The number of hydrogen-bond acceptors (Lipinski definition) is 3. The quantitative estimate of drug-likeness (QED) is 0.846. The van der Waals surface area contributed by atoms with E-state index in [0.717, 1.165) is 10.5 Å². The second kappa shape index (κ2) is 6.99. The van der Waals surface area contributed by atoms with Crippen molar-refractivity contribution in [2.75, 3.05) is 0 Å². The lowest BCUT2D eigenvalue weighted by molar-refractivity contribution is 0.295. The lowest BCUT2D eigenvalue weighted by Crippen LogP contribution is -2.39. The molecule has 2 aromatic rings. The molecule has 0 saturated heterocycles. The minimum absolute atomic E-state index is 0.104. The zero-order chi connectivity index (χ0) is 16.4. The molecule has 3 rings (SSSR count). The minimum Gasteiger partial charge on any atom is -0.242 e. The van der Waals surface area contributed by atoms with Gasteiger partial charge in [0.05, 0.1) is 32.0 Å². The van der Waals surface area contributed by atoms with Crippen LogP contribution in [0.15, 0.2) is 24.3 Å². The molecule has 0 spiro atoms. The second-order valence-corrected chi connectivity index (χ2v) is 10.5. The lowest BCUT2D eigenvalue weighted by atomic mass is 9.84. The number of rotatable bonds is 4. The van der Waals surface area contributed by atoms with Crippen molar-refractivity contribution >= 4 is 32.5 Å². The van der Waals surface area contributed by atoms with Crippen LogP contribution in [-0.2, 0) is 11.0 Å².